The van der Waals surface area contributed by atoms with E-state index in [9.17, 15) is 5.11 Å². The van der Waals surface area contributed by atoms with Crippen LogP contribution in [-0.4, -0.2) is 17.8 Å². The zero-order valence-corrected chi connectivity index (χ0v) is 12.4. The summed E-state index contributed by atoms with van der Waals surface area (Å²) < 4.78 is 0. The standard InChI is InChI=1S/C17H27NO/c1-16(2,3)11-15(19)17(12-18)9-8-13-6-4-5-7-14(13)10-17/h4-7,15,19H,8-12,18H2,1-3H3. The molecule has 1 aliphatic rings. The quantitative estimate of drug-likeness (QED) is 0.879. The largest absolute Gasteiger partial charge is 0.392 e. The minimum atomic E-state index is -0.314. The second-order valence-corrected chi connectivity index (χ2v) is 7.29. The van der Waals surface area contributed by atoms with Crippen LogP contribution in [0.3, 0.4) is 0 Å². The first-order valence-corrected chi connectivity index (χ1v) is 7.31. The fourth-order valence-corrected chi connectivity index (χ4v) is 3.22. The van der Waals surface area contributed by atoms with E-state index in [0.717, 1.165) is 25.7 Å². The van der Waals surface area contributed by atoms with Crippen molar-refractivity contribution in [2.24, 2.45) is 16.6 Å². The second kappa shape index (κ2) is 5.26. The summed E-state index contributed by atoms with van der Waals surface area (Å²) in [6.45, 7) is 7.10. The summed E-state index contributed by atoms with van der Waals surface area (Å²) in [7, 11) is 0. The van der Waals surface area contributed by atoms with Crippen molar-refractivity contribution in [1.82, 2.24) is 0 Å². The Bertz CT molecular complexity index is 435. The molecule has 2 rings (SSSR count). The zero-order chi connectivity index (χ0) is 14.1. The van der Waals surface area contributed by atoms with Crippen molar-refractivity contribution < 1.29 is 5.11 Å². The second-order valence-electron chi connectivity index (χ2n) is 7.29. The van der Waals surface area contributed by atoms with Gasteiger partial charge in [0.15, 0.2) is 0 Å². The first-order chi connectivity index (χ1) is 8.86. The van der Waals surface area contributed by atoms with Crippen molar-refractivity contribution in [3.63, 3.8) is 0 Å². The van der Waals surface area contributed by atoms with Gasteiger partial charge in [-0.1, -0.05) is 45.0 Å². The molecule has 3 N–H and O–H groups in total. The van der Waals surface area contributed by atoms with Crippen molar-refractivity contribution >= 4 is 0 Å². The molecule has 1 aromatic carbocycles. The first-order valence-electron chi connectivity index (χ1n) is 7.31. The van der Waals surface area contributed by atoms with Crippen molar-refractivity contribution in [3.05, 3.63) is 35.4 Å². The highest BCUT2D eigenvalue weighted by molar-refractivity contribution is 5.31. The van der Waals surface area contributed by atoms with Gasteiger partial charge >= 0.3 is 0 Å². The van der Waals surface area contributed by atoms with Crippen LogP contribution in [0.1, 0.15) is 44.7 Å². The van der Waals surface area contributed by atoms with Crippen LogP contribution in [0, 0.1) is 10.8 Å². The van der Waals surface area contributed by atoms with E-state index in [4.69, 9.17) is 5.73 Å². The van der Waals surface area contributed by atoms with Crippen LogP contribution in [0.15, 0.2) is 24.3 Å². The van der Waals surface area contributed by atoms with Gasteiger partial charge in [-0.05, 0) is 42.2 Å². The Morgan fingerprint density at radius 3 is 2.47 bits per heavy atom. The summed E-state index contributed by atoms with van der Waals surface area (Å²) >= 11 is 0. The summed E-state index contributed by atoms with van der Waals surface area (Å²) in [5, 5.41) is 10.7. The molecular formula is C17H27NO. The number of hydrogen-bond donors (Lipinski definition) is 2. The van der Waals surface area contributed by atoms with Gasteiger partial charge in [0.2, 0.25) is 0 Å². The predicted molar refractivity (Wildman–Crippen MR) is 80.0 cm³/mol. The third kappa shape index (κ3) is 3.18. The molecule has 0 saturated heterocycles. The molecular weight excluding hydrogens is 234 g/mol. The summed E-state index contributed by atoms with van der Waals surface area (Å²) in [6, 6.07) is 8.57. The van der Waals surface area contributed by atoms with Gasteiger partial charge in [-0.15, -0.1) is 0 Å². The average molecular weight is 261 g/mol. The number of aryl methyl sites for hydroxylation is 1. The monoisotopic (exact) mass is 261 g/mol. The SMILES string of the molecule is CC(C)(C)CC(O)C1(CN)CCc2ccccc2C1. The van der Waals surface area contributed by atoms with Crippen LogP contribution in [0.2, 0.25) is 0 Å². The third-order valence-electron chi connectivity index (χ3n) is 4.47. The number of aliphatic hydroxyl groups is 1. The lowest BCUT2D eigenvalue weighted by atomic mass is 9.65. The van der Waals surface area contributed by atoms with Crippen LogP contribution in [0.25, 0.3) is 0 Å². The molecule has 0 aliphatic heterocycles. The average Bonchev–Trinajstić information content (AvgIpc) is 2.36. The number of benzene rings is 1. The smallest absolute Gasteiger partial charge is 0.0616 e. The van der Waals surface area contributed by atoms with Crippen molar-refractivity contribution in [1.29, 1.82) is 0 Å². The van der Waals surface area contributed by atoms with E-state index in [1.54, 1.807) is 0 Å². The molecule has 0 spiro atoms. The number of fused-ring (bicyclic) bond motifs is 1. The highest BCUT2D eigenvalue weighted by Gasteiger charge is 2.40. The minimum absolute atomic E-state index is 0.137. The lowest BCUT2D eigenvalue weighted by Gasteiger charge is -2.43. The van der Waals surface area contributed by atoms with Gasteiger partial charge < -0.3 is 10.8 Å². The fourth-order valence-electron chi connectivity index (χ4n) is 3.22. The van der Waals surface area contributed by atoms with Gasteiger partial charge in [0.05, 0.1) is 6.10 Å². The highest BCUT2D eigenvalue weighted by Crippen LogP contribution is 2.41. The molecule has 2 atom stereocenters. The van der Waals surface area contributed by atoms with Gasteiger partial charge in [0, 0.05) is 12.0 Å². The maximum atomic E-state index is 10.7. The summed E-state index contributed by atoms with van der Waals surface area (Å²) in [4.78, 5) is 0. The molecule has 0 bridgehead atoms. The van der Waals surface area contributed by atoms with Crippen LogP contribution in [0.5, 0.6) is 0 Å². The Hall–Kier alpha value is -0.860. The van der Waals surface area contributed by atoms with Crippen LogP contribution >= 0.6 is 0 Å². The number of nitrogens with two attached hydrogens (primary N) is 1. The van der Waals surface area contributed by atoms with E-state index in [1.165, 1.54) is 11.1 Å². The van der Waals surface area contributed by atoms with Crippen LogP contribution in [0.4, 0.5) is 0 Å². The van der Waals surface area contributed by atoms with Gasteiger partial charge in [0.25, 0.3) is 0 Å². The maximum absolute atomic E-state index is 10.7. The number of hydrogen-bond acceptors (Lipinski definition) is 2. The topological polar surface area (TPSA) is 46.2 Å². The Morgan fingerprint density at radius 2 is 1.89 bits per heavy atom. The van der Waals surface area contributed by atoms with Gasteiger partial charge in [0.1, 0.15) is 0 Å². The van der Waals surface area contributed by atoms with E-state index in [2.05, 4.69) is 45.0 Å². The van der Waals surface area contributed by atoms with Crippen molar-refractivity contribution in [2.45, 2.75) is 52.6 Å². The summed E-state index contributed by atoms with van der Waals surface area (Å²) in [5.74, 6) is 0. The zero-order valence-electron chi connectivity index (χ0n) is 12.4. The van der Waals surface area contributed by atoms with Gasteiger partial charge in [-0.2, -0.15) is 0 Å². The van der Waals surface area contributed by atoms with E-state index in [-0.39, 0.29) is 16.9 Å². The molecule has 0 amide bonds. The molecule has 1 aromatic rings. The minimum Gasteiger partial charge on any atom is -0.392 e. The lowest BCUT2D eigenvalue weighted by Crippen LogP contribution is -2.47. The Labute approximate surface area is 117 Å². The Kier molecular flexibility index (Phi) is 4.03. The molecule has 0 heterocycles. The van der Waals surface area contributed by atoms with Gasteiger partial charge in [-0.25, -0.2) is 0 Å². The first kappa shape index (κ1) is 14.5. The molecule has 0 saturated carbocycles. The van der Waals surface area contributed by atoms with E-state index in [0.29, 0.717) is 6.54 Å². The maximum Gasteiger partial charge on any atom is 0.0616 e. The normalized spacial score (nSPS) is 24.9. The molecule has 0 radical (unpaired) electrons. The molecule has 2 heteroatoms. The molecule has 0 aromatic heterocycles. The highest BCUT2D eigenvalue weighted by atomic mass is 16.3. The summed E-state index contributed by atoms with van der Waals surface area (Å²) in [5.41, 5.74) is 8.85. The van der Waals surface area contributed by atoms with Crippen molar-refractivity contribution in [2.75, 3.05) is 6.54 Å². The Morgan fingerprint density at radius 1 is 1.26 bits per heavy atom. The van der Waals surface area contributed by atoms with Crippen LogP contribution < -0.4 is 5.73 Å². The predicted octanol–water partition coefficient (Wildman–Crippen LogP) is 2.92. The van der Waals surface area contributed by atoms with E-state index < -0.39 is 0 Å². The molecule has 106 valence electrons. The van der Waals surface area contributed by atoms with Gasteiger partial charge in [-0.3, -0.25) is 0 Å². The fraction of sp³-hybridized carbons (Fsp3) is 0.647. The number of rotatable bonds is 3. The van der Waals surface area contributed by atoms with E-state index >= 15 is 0 Å². The number of aliphatic hydroxyl groups excluding tert-OH is 1. The molecule has 2 nitrogen and oxygen atoms in total. The van der Waals surface area contributed by atoms with Crippen LogP contribution in [-0.2, 0) is 12.8 Å². The summed E-state index contributed by atoms with van der Waals surface area (Å²) in [6.07, 6.45) is 3.45. The third-order valence-corrected chi connectivity index (χ3v) is 4.47. The lowest BCUT2D eigenvalue weighted by molar-refractivity contribution is -0.00791. The molecule has 0 fully saturated rings. The Balaban J connectivity index is 2.21. The molecule has 1 aliphatic carbocycles. The molecule has 2 unspecified atom stereocenters. The molecule has 19 heavy (non-hydrogen) atoms. The van der Waals surface area contributed by atoms with E-state index in [1.807, 2.05) is 0 Å². The van der Waals surface area contributed by atoms with Crippen molar-refractivity contribution in [3.8, 4) is 0 Å².